The number of alkyl halides is 3. The Hall–Kier alpha value is -2.48. The molecule has 1 aromatic carbocycles. The van der Waals surface area contributed by atoms with Crippen LogP contribution in [0.25, 0.3) is 0 Å². The van der Waals surface area contributed by atoms with Gasteiger partial charge in [-0.25, -0.2) is 4.98 Å². The third kappa shape index (κ3) is 6.11. The molecule has 0 aliphatic rings. The lowest BCUT2D eigenvalue weighted by Crippen LogP contribution is -2.19. The zero-order valence-corrected chi connectivity index (χ0v) is 14.6. The number of hydrogen-bond acceptors (Lipinski definition) is 5. The highest BCUT2D eigenvalue weighted by atomic mass is 19.4. The summed E-state index contributed by atoms with van der Waals surface area (Å²) in [7, 11) is 1.56. The van der Waals surface area contributed by atoms with Crippen LogP contribution in [0, 0.1) is 0 Å². The first-order valence-corrected chi connectivity index (χ1v) is 8.06. The van der Waals surface area contributed by atoms with Crippen molar-refractivity contribution in [1.29, 1.82) is 0 Å². The number of rotatable bonds is 9. The fourth-order valence-corrected chi connectivity index (χ4v) is 2.29. The average Bonchev–Trinajstić information content (AvgIpc) is 2.61. The fourth-order valence-electron chi connectivity index (χ4n) is 2.29. The smallest absolute Gasteiger partial charge is 0.422 e. The van der Waals surface area contributed by atoms with E-state index in [-0.39, 0.29) is 11.5 Å². The third-order valence-electron chi connectivity index (χ3n) is 3.39. The van der Waals surface area contributed by atoms with Gasteiger partial charge in [-0.2, -0.15) is 13.2 Å². The molecular formula is C18H21F3N2O3. The van der Waals surface area contributed by atoms with Crippen LogP contribution in [0.15, 0.2) is 36.5 Å². The highest BCUT2D eigenvalue weighted by molar-refractivity contribution is 5.43. The van der Waals surface area contributed by atoms with Crippen molar-refractivity contribution in [3.05, 3.63) is 47.7 Å². The van der Waals surface area contributed by atoms with Crippen molar-refractivity contribution in [2.75, 3.05) is 20.3 Å². The van der Waals surface area contributed by atoms with Gasteiger partial charge in [-0.3, -0.25) is 0 Å². The van der Waals surface area contributed by atoms with E-state index in [1.165, 1.54) is 6.07 Å². The first kappa shape index (κ1) is 19.8. The molecule has 0 atom stereocenters. The summed E-state index contributed by atoms with van der Waals surface area (Å²) in [6.45, 7) is 1.76. The summed E-state index contributed by atoms with van der Waals surface area (Å²) in [5.41, 5.74) is 1.76. The van der Waals surface area contributed by atoms with E-state index < -0.39 is 12.8 Å². The van der Waals surface area contributed by atoms with E-state index in [1.807, 2.05) is 12.1 Å². The molecular weight excluding hydrogens is 349 g/mol. The summed E-state index contributed by atoms with van der Waals surface area (Å²) in [6.07, 6.45) is -2.75. The number of halogens is 3. The molecule has 0 fully saturated rings. The third-order valence-corrected chi connectivity index (χ3v) is 3.39. The van der Waals surface area contributed by atoms with Gasteiger partial charge in [-0.05, 0) is 30.7 Å². The van der Waals surface area contributed by atoms with E-state index in [4.69, 9.17) is 14.2 Å². The van der Waals surface area contributed by atoms with Crippen molar-refractivity contribution in [2.45, 2.75) is 26.2 Å². The second kappa shape index (κ2) is 9.28. The summed E-state index contributed by atoms with van der Waals surface area (Å²) in [5, 5.41) is 3.24. The molecule has 0 spiro atoms. The molecule has 5 nitrogen and oxygen atoms in total. The zero-order chi connectivity index (χ0) is 19.0. The zero-order valence-electron chi connectivity index (χ0n) is 14.6. The highest BCUT2D eigenvalue weighted by Crippen LogP contribution is 2.30. The van der Waals surface area contributed by atoms with Gasteiger partial charge in [0.05, 0.1) is 13.7 Å². The van der Waals surface area contributed by atoms with Crippen molar-refractivity contribution in [3.8, 4) is 17.4 Å². The Kier molecular flexibility index (Phi) is 7.08. The first-order valence-electron chi connectivity index (χ1n) is 8.06. The van der Waals surface area contributed by atoms with Crippen LogP contribution in [-0.2, 0) is 13.1 Å². The molecule has 0 aliphatic heterocycles. The number of nitrogens with zero attached hydrogens (tertiary/aromatic N) is 1. The summed E-state index contributed by atoms with van der Waals surface area (Å²) >= 11 is 0. The predicted molar refractivity (Wildman–Crippen MR) is 90.5 cm³/mol. The van der Waals surface area contributed by atoms with E-state index >= 15 is 0 Å². The van der Waals surface area contributed by atoms with Crippen LogP contribution in [-0.4, -0.2) is 31.5 Å². The minimum atomic E-state index is -4.40. The number of benzene rings is 1. The fraction of sp³-hybridized carbons (Fsp3) is 0.389. The lowest BCUT2D eigenvalue weighted by molar-refractivity contribution is -0.153. The molecule has 0 saturated carbocycles. The normalized spacial score (nSPS) is 11.3. The molecule has 0 bridgehead atoms. The molecule has 0 radical (unpaired) electrons. The highest BCUT2D eigenvalue weighted by Gasteiger charge is 2.29. The van der Waals surface area contributed by atoms with Crippen molar-refractivity contribution >= 4 is 0 Å². The SMILES string of the molecule is CCOc1cc(CNCc2cccnc2OC)ccc1OCC(F)(F)F. The Morgan fingerprint density at radius 2 is 1.88 bits per heavy atom. The average molecular weight is 370 g/mol. The Balaban J connectivity index is 1.99. The van der Waals surface area contributed by atoms with Crippen molar-refractivity contribution in [3.63, 3.8) is 0 Å². The minimum Gasteiger partial charge on any atom is -0.490 e. The summed E-state index contributed by atoms with van der Waals surface area (Å²) in [5.74, 6) is 0.905. The van der Waals surface area contributed by atoms with Crippen LogP contribution < -0.4 is 19.5 Å². The molecule has 142 valence electrons. The largest absolute Gasteiger partial charge is 0.490 e. The Morgan fingerprint density at radius 3 is 2.58 bits per heavy atom. The number of aromatic nitrogens is 1. The monoisotopic (exact) mass is 370 g/mol. The maximum Gasteiger partial charge on any atom is 0.422 e. The minimum absolute atomic E-state index is 0.0712. The van der Waals surface area contributed by atoms with Crippen molar-refractivity contribution < 1.29 is 27.4 Å². The maximum atomic E-state index is 12.3. The topological polar surface area (TPSA) is 52.6 Å². The summed E-state index contributed by atoms with van der Waals surface area (Å²) in [4.78, 5) is 4.12. The van der Waals surface area contributed by atoms with Gasteiger partial charge in [0.25, 0.3) is 0 Å². The summed E-state index contributed by atoms with van der Waals surface area (Å²) < 4.78 is 52.4. The lowest BCUT2D eigenvalue weighted by atomic mass is 10.2. The van der Waals surface area contributed by atoms with Crippen LogP contribution in [0.2, 0.25) is 0 Å². The molecule has 2 aromatic rings. The molecule has 1 aromatic heterocycles. The second-order valence-corrected chi connectivity index (χ2v) is 5.39. The number of hydrogen-bond donors (Lipinski definition) is 1. The van der Waals surface area contributed by atoms with Gasteiger partial charge in [0, 0.05) is 24.8 Å². The van der Waals surface area contributed by atoms with Crippen molar-refractivity contribution in [2.24, 2.45) is 0 Å². The van der Waals surface area contributed by atoms with Gasteiger partial charge in [-0.15, -0.1) is 0 Å². The van der Waals surface area contributed by atoms with Gasteiger partial charge in [0.1, 0.15) is 0 Å². The second-order valence-electron chi connectivity index (χ2n) is 5.39. The molecule has 8 heteroatoms. The number of pyridine rings is 1. The predicted octanol–water partition coefficient (Wildman–Crippen LogP) is 3.72. The lowest BCUT2D eigenvalue weighted by Gasteiger charge is -2.15. The Bertz CT molecular complexity index is 708. The van der Waals surface area contributed by atoms with Crippen LogP contribution in [0.1, 0.15) is 18.1 Å². The van der Waals surface area contributed by atoms with Crippen LogP contribution in [0.5, 0.6) is 17.4 Å². The van der Waals surface area contributed by atoms with E-state index in [0.29, 0.717) is 25.6 Å². The molecule has 0 aliphatic carbocycles. The van der Waals surface area contributed by atoms with E-state index in [1.54, 1.807) is 32.4 Å². The van der Waals surface area contributed by atoms with Crippen LogP contribution >= 0.6 is 0 Å². The molecule has 0 saturated heterocycles. The first-order chi connectivity index (χ1) is 12.4. The summed E-state index contributed by atoms with van der Waals surface area (Å²) in [6, 6.07) is 8.57. The molecule has 1 N–H and O–H groups in total. The number of nitrogens with one attached hydrogen (secondary N) is 1. The Morgan fingerprint density at radius 1 is 1.08 bits per heavy atom. The Labute approximate surface area is 150 Å². The molecule has 1 heterocycles. The number of ether oxygens (including phenoxy) is 3. The van der Waals surface area contributed by atoms with Crippen LogP contribution in [0.3, 0.4) is 0 Å². The molecule has 26 heavy (non-hydrogen) atoms. The standard InChI is InChI=1S/C18H21F3N2O3/c1-3-25-16-9-13(6-7-15(16)26-12-18(19,20)21)10-22-11-14-5-4-8-23-17(14)24-2/h4-9,22H,3,10-12H2,1-2H3. The molecule has 2 rings (SSSR count). The number of methoxy groups -OCH3 is 1. The molecule has 0 amide bonds. The van der Waals surface area contributed by atoms with Gasteiger partial charge < -0.3 is 19.5 Å². The molecule has 0 unspecified atom stereocenters. The van der Waals surface area contributed by atoms with Gasteiger partial charge in [0.2, 0.25) is 5.88 Å². The maximum absolute atomic E-state index is 12.3. The quantitative estimate of drug-likeness (QED) is 0.729. The van der Waals surface area contributed by atoms with Gasteiger partial charge in [0.15, 0.2) is 18.1 Å². The van der Waals surface area contributed by atoms with E-state index in [2.05, 4.69) is 10.3 Å². The van der Waals surface area contributed by atoms with E-state index in [9.17, 15) is 13.2 Å². The van der Waals surface area contributed by atoms with Gasteiger partial charge >= 0.3 is 6.18 Å². The van der Waals surface area contributed by atoms with Crippen molar-refractivity contribution in [1.82, 2.24) is 10.3 Å². The van der Waals surface area contributed by atoms with E-state index in [0.717, 1.165) is 11.1 Å². The van der Waals surface area contributed by atoms with Crippen LogP contribution in [0.4, 0.5) is 13.2 Å². The van der Waals surface area contributed by atoms with Gasteiger partial charge in [-0.1, -0.05) is 12.1 Å².